The van der Waals surface area contributed by atoms with Crippen molar-refractivity contribution in [3.05, 3.63) is 60.2 Å². The molecule has 0 amide bonds. The molecular formula is C24H22FN7. The maximum absolute atomic E-state index is 14.4. The molecule has 2 aromatic heterocycles. The third-order valence-corrected chi connectivity index (χ3v) is 5.76. The highest BCUT2D eigenvalue weighted by Gasteiger charge is 2.17. The van der Waals surface area contributed by atoms with E-state index in [1.54, 1.807) is 16.9 Å². The first-order valence-electron chi connectivity index (χ1n) is 10.6. The van der Waals surface area contributed by atoms with Crippen LogP contribution in [0.1, 0.15) is 12.0 Å². The Hall–Kier alpha value is -3.83. The van der Waals surface area contributed by atoms with Crippen LogP contribution in [0.25, 0.3) is 33.4 Å². The summed E-state index contributed by atoms with van der Waals surface area (Å²) < 4.78 is 16.2. The van der Waals surface area contributed by atoms with Gasteiger partial charge in [-0.2, -0.15) is 10.4 Å². The molecular weight excluding hydrogens is 405 g/mol. The minimum absolute atomic E-state index is 0.00283. The van der Waals surface area contributed by atoms with Gasteiger partial charge in [0.25, 0.3) is 0 Å². The molecule has 2 aromatic carbocycles. The maximum Gasteiger partial charge on any atom is 0.145 e. The van der Waals surface area contributed by atoms with E-state index in [4.69, 9.17) is 15.2 Å². The number of rotatable bonds is 5. The largest absolute Gasteiger partial charge is 0.368 e. The average Bonchev–Trinajstić information content (AvgIpc) is 3.45. The number of halogens is 1. The van der Waals surface area contributed by atoms with E-state index in [-0.39, 0.29) is 5.56 Å². The van der Waals surface area contributed by atoms with Gasteiger partial charge >= 0.3 is 0 Å². The number of nitriles is 1. The highest BCUT2D eigenvalue weighted by Crippen LogP contribution is 2.32. The number of benzene rings is 2. The van der Waals surface area contributed by atoms with Crippen molar-refractivity contribution in [2.24, 2.45) is 13.0 Å². The zero-order valence-corrected chi connectivity index (χ0v) is 17.6. The van der Waals surface area contributed by atoms with Gasteiger partial charge in [0.15, 0.2) is 0 Å². The highest BCUT2D eigenvalue weighted by molar-refractivity contribution is 5.87. The molecule has 8 heteroatoms. The summed E-state index contributed by atoms with van der Waals surface area (Å²) in [6.45, 7) is 2.81. The summed E-state index contributed by atoms with van der Waals surface area (Å²) >= 11 is 0. The minimum Gasteiger partial charge on any atom is -0.368 e. The van der Waals surface area contributed by atoms with Gasteiger partial charge in [-0.1, -0.05) is 12.1 Å². The van der Waals surface area contributed by atoms with E-state index in [9.17, 15) is 4.39 Å². The van der Waals surface area contributed by atoms with Crippen molar-refractivity contribution in [1.82, 2.24) is 25.1 Å². The molecule has 1 aliphatic heterocycles. The van der Waals surface area contributed by atoms with E-state index < -0.39 is 5.82 Å². The van der Waals surface area contributed by atoms with E-state index in [1.807, 2.05) is 37.5 Å². The molecule has 0 aliphatic carbocycles. The molecule has 3 heterocycles. The van der Waals surface area contributed by atoms with Crippen LogP contribution in [0.15, 0.2) is 48.8 Å². The Morgan fingerprint density at radius 1 is 1.22 bits per heavy atom. The molecule has 32 heavy (non-hydrogen) atoms. The lowest BCUT2D eigenvalue weighted by atomic mass is 10.0. The van der Waals surface area contributed by atoms with Gasteiger partial charge < -0.3 is 10.6 Å². The summed E-state index contributed by atoms with van der Waals surface area (Å²) in [5.41, 5.74) is 3.53. The lowest BCUT2D eigenvalue weighted by Gasteiger charge is -2.14. The van der Waals surface area contributed by atoms with Crippen molar-refractivity contribution in [1.29, 1.82) is 5.26 Å². The van der Waals surface area contributed by atoms with Crippen LogP contribution in [0.2, 0.25) is 0 Å². The molecule has 1 aliphatic rings. The zero-order valence-electron chi connectivity index (χ0n) is 17.6. The number of nitrogens with one attached hydrogen (secondary N) is 2. The van der Waals surface area contributed by atoms with Crippen LogP contribution in [0.5, 0.6) is 0 Å². The minimum atomic E-state index is -0.573. The summed E-state index contributed by atoms with van der Waals surface area (Å²) in [6, 6.07) is 12.3. The van der Waals surface area contributed by atoms with Crippen molar-refractivity contribution < 1.29 is 4.39 Å². The van der Waals surface area contributed by atoms with Gasteiger partial charge in [0.05, 0.1) is 28.7 Å². The Kier molecular flexibility index (Phi) is 5.25. The Bertz CT molecular complexity index is 1330. The van der Waals surface area contributed by atoms with E-state index in [2.05, 4.69) is 15.7 Å². The standard InChI is InChI=1S/C24H22FN7/c1-32-14-19-8-16(4-5-21(19)31-32)23-24(17-2-3-18(10-26)20(25)9-17)30-22(13-29-23)28-12-15-6-7-27-11-15/h2-5,8-9,13-15,27H,6-7,11-12H2,1H3,(H,28,30). The predicted molar refractivity (Wildman–Crippen MR) is 121 cm³/mol. The molecule has 160 valence electrons. The molecule has 1 saturated heterocycles. The summed E-state index contributed by atoms with van der Waals surface area (Å²) in [7, 11) is 1.88. The summed E-state index contributed by atoms with van der Waals surface area (Å²) in [4.78, 5) is 9.50. The fourth-order valence-electron chi connectivity index (χ4n) is 4.07. The Balaban J connectivity index is 1.57. The first kappa shape index (κ1) is 20.1. The Morgan fingerprint density at radius 2 is 2.06 bits per heavy atom. The maximum atomic E-state index is 14.4. The van der Waals surface area contributed by atoms with Gasteiger partial charge in [-0.15, -0.1) is 0 Å². The average molecular weight is 427 g/mol. The molecule has 7 nitrogen and oxygen atoms in total. The quantitative estimate of drug-likeness (QED) is 0.504. The molecule has 0 spiro atoms. The van der Waals surface area contributed by atoms with Crippen LogP contribution in [-0.4, -0.2) is 39.4 Å². The fourth-order valence-corrected chi connectivity index (χ4v) is 4.07. The third kappa shape index (κ3) is 3.90. The normalized spacial score (nSPS) is 15.7. The number of aromatic nitrogens is 4. The summed E-state index contributed by atoms with van der Waals surface area (Å²) in [6.07, 6.45) is 4.78. The van der Waals surface area contributed by atoms with Crippen molar-refractivity contribution >= 4 is 16.7 Å². The number of anilines is 1. The fraction of sp³-hybridized carbons (Fsp3) is 0.250. The Morgan fingerprint density at radius 3 is 2.84 bits per heavy atom. The van der Waals surface area contributed by atoms with Gasteiger partial charge in [-0.3, -0.25) is 9.67 Å². The summed E-state index contributed by atoms with van der Waals surface area (Å²) in [5, 5.41) is 21.2. The number of hydrogen-bond donors (Lipinski definition) is 2. The first-order chi connectivity index (χ1) is 15.6. The summed E-state index contributed by atoms with van der Waals surface area (Å²) in [5.74, 6) is 0.610. The highest BCUT2D eigenvalue weighted by atomic mass is 19.1. The number of nitrogens with zero attached hydrogens (tertiary/aromatic N) is 5. The van der Waals surface area contributed by atoms with Crippen LogP contribution in [0.3, 0.4) is 0 Å². The SMILES string of the molecule is Cn1cc2cc(-c3ncc(NCC4CCNC4)nc3-c3ccc(C#N)c(F)c3)ccc2n1. The zero-order chi connectivity index (χ0) is 22.1. The van der Waals surface area contributed by atoms with Crippen LogP contribution < -0.4 is 10.6 Å². The smallest absolute Gasteiger partial charge is 0.145 e. The number of fused-ring (bicyclic) bond motifs is 1. The van der Waals surface area contributed by atoms with Crippen molar-refractivity contribution in [2.45, 2.75) is 6.42 Å². The Labute approximate surface area is 184 Å². The monoisotopic (exact) mass is 427 g/mol. The molecule has 0 bridgehead atoms. The molecule has 0 saturated carbocycles. The topological polar surface area (TPSA) is 91.5 Å². The lowest BCUT2D eigenvalue weighted by Crippen LogP contribution is -2.18. The second-order valence-electron chi connectivity index (χ2n) is 8.07. The van der Waals surface area contributed by atoms with E-state index >= 15 is 0 Å². The molecule has 1 atom stereocenters. The van der Waals surface area contributed by atoms with Crippen LogP contribution in [0, 0.1) is 23.1 Å². The first-order valence-corrected chi connectivity index (χ1v) is 10.6. The number of hydrogen-bond acceptors (Lipinski definition) is 6. The molecule has 1 unspecified atom stereocenters. The molecule has 2 N–H and O–H groups in total. The van der Waals surface area contributed by atoms with Gasteiger partial charge in [-0.05, 0) is 49.7 Å². The van der Waals surface area contributed by atoms with Crippen molar-refractivity contribution in [3.8, 4) is 28.6 Å². The molecule has 5 rings (SSSR count). The van der Waals surface area contributed by atoms with Gasteiger partial charge in [0.1, 0.15) is 17.7 Å². The van der Waals surface area contributed by atoms with Gasteiger partial charge in [0, 0.05) is 36.3 Å². The van der Waals surface area contributed by atoms with Gasteiger partial charge in [-0.25, -0.2) is 9.37 Å². The number of aryl methyl sites for hydroxylation is 1. The second-order valence-corrected chi connectivity index (χ2v) is 8.07. The lowest BCUT2D eigenvalue weighted by molar-refractivity contribution is 0.614. The molecule has 0 radical (unpaired) electrons. The third-order valence-electron chi connectivity index (χ3n) is 5.76. The van der Waals surface area contributed by atoms with Crippen LogP contribution in [-0.2, 0) is 7.05 Å². The van der Waals surface area contributed by atoms with Crippen molar-refractivity contribution in [3.63, 3.8) is 0 Å². The van der Waals surface area contributed by atoms with Crippen molar-refractivity contribution in [2.75, 3.05) is 25.0 Å². The van der Waals surface area contributed by atoms with E-state index in [0.717, 1.165) is 42.5 Å². The van der Waals surface area contributed by atoms with Gasteiger partial charge in [0.2, 0.25) is 0 Å². The van der Waals surface area contributed by atoms with E-state index in [1.165, 1.54) is 12.1 Å². The predicted octanol–water partition coefficient (Wildman–Crippen LogP) is 3.73. The van der Waals surface area contributed by atoms with Crippen LogP contribution in [0.4, 0.5) is 10.2 Å². The molecule has 1 fully saturated rings. The van der Waals surface area contributed by atoms with Crippen LogP contribution >= 0.6 is 0 Å². The molecule has 4 aromatic rings. The van der Waals surface area contributed by atoms with E-state index in [0.29, 0.717) is 28.7 Å². The second kappa shape index (κ2) is 8.36.